The summed E-state index contributed by atoms with van der Waals surface area (Å²) in [5, 5.41) is 8.49. The normalized spacial score (nSPS) is 10.2. The lowest BCUT2D eigenvalue weighted by Gasteiger charge is -2.06. The number of rotatable bonds is 7. The van der Waals surface area contributed by atoms with E-state index in [0.29, 0.717) is 18.7 Å². The van der Waals surface area contributed by atoms with Crippen LogP contribution in [-0.4, -0.2) is 31.1 Å². The molecule has 0 aliphatic heterocycles. The van der Waals surface area contributed by atoms with Gasteiger partial charge in [-0.3, -0.25) is 4.79 Å². The molecule has 0 saturated carbocycles. The molecule has 0 saturated heterocycles. The van der Waals surface area contributed by atoms with E-state index in [2.05, 4.69) is 15.6 Å². The van der Waals surface area contributed by atoms with Gasteiger partial charge in [0.05, 0.1) is 5.69 Å². The number of hydrogen-bond acceptors (Lipinski definition) is 5. The number of nitrogens with one attached hydrogen (secondary N) is 2. The van der Waals surface area contributed by atoms with Crippen molar-refractivity contribution >= 4 is 22.4 Å². The smallest absolute Gasteiger partial charge is 0.257 e. The fourth-order valence-electron chi connectivity index (χ4n) is 1.62. The number of aromatic nitrogens is 1. The van der Waals surface area contributed by atoms with E-state index in [1.54, 1.807) is 6.07 Å². The SMILES string of the molecule is CNc1nc(CCNC(=O)COc2cccc(F)c2)cs1. The van der Waals surface area contributed by atoms with Gasteiger partial charge >= 0.3 is 0 Å². The minimum atomic E-state index is -0.392. The molecule has 0 spiro atoms. The first-order valence-corrected chi connectivity index (χ1v) is 7.32. The zero-order valence-corrected chi connectivity index (χ0v) is 12.4. The average Bonchev–Trinajstić information content (AvgIpc) is 2.93. The first-order valence-electron chi connectivity index (χ1n) is 6.44. The van der Waals surface area contributed by atoms with Crippen LogP contribution >= 0.6 is 11.3 Å². The van der Waals surface area contributed by atoms with Crippen molar-refractivity contribution in [1.82, 2.24) is 10.3 Å². The highest BCUT2D eigenvalue weighted by molar-refractivity contribution is 7.13. The van der Waals surface area contributed by atoms with E-state index in [1.807, 2.05) is 12.4 Å². The molecule has 2 rings (SSSR count). The van der Waals surface area contributed by atoms with Gasteiger partial charge in [0.1, 0.15) is 11.6 Å². The van der Waals surface area contributed by atoms with Crippen molar-refractivity contribution < 1.29 is 13.9 Å². The molecule has 1 amide bonds. The van der Waals surface area contributed by atoms with Crippen molar-refractivity contribution in [1.29, 1.82) is 0 Å². The van der Waals surface area contributed by atoms with Crippen LogP contribution in [0.5, 0.6) is 5.75 Å². The van der Waals surface area contributed by atoms with E-state index in [-0.39, 0.29) is 12.5 Å². The Morgan fingerprint density at radius 2 is 2.33 bits per heavy atom. The third kappa shape index (κ3) is 5.03. The van der Waals surface area contributed by atoms with Crippen LogP contribution in [0.1, 0.15) is 5.69 Å². The molecule has 21 heavy (non-hydrogen) atoms. The number of benzene rings is 1. The molecule has 1 aromatic carbocycles. The Kier molecular flexibility index (Phi) is 5.51. The predicted octanol–water partition coefficient (Wildman–Crippen LogP) is 2.06. The van der Waals surface area contributed by atoms with Crippen molar-refractivity contribution in [2.24, 2.45) is 0 Å². The minimum Gasteiger partial charge on any atom is -0.484 e. The predicted molar refractivity (Wildman–Crippen MR) is 80.3 cm³/mol. The van der Waals surface area contributed by atoms with E-state index < -0.39 is 5.82 Å². The monoisotopic (exact) mass is 309 g/mol. The van der Waals surface area contributed by atoms with Crippen LogP contribution in [0.2, 0.25) is 0 Å². The number of halogens is 1. The molecular weight excluding hydrogens is 293 g/mol. The highest BCUT2D eigenvalue weighted by atomic mass is 32.1. The van der Waals surface area contributed by atoms with Gasteiger partial charge in [0.15, 0.2) is 11.7 Å². The molecule has 0 fully saturated rings. The number of thiazole rings is 1. The van der Waals surface area contributed by atoms with E-state index in [4.69, 9.17) is 4.74 Å². The maximum atomic E-state index is 12.9. The lowest BCUT2D eigenvalue weighted by molar-refractivity contribution is -0.123. The van der Waals surface area contributed by atoms with Crippen LogP contribution in [0.4, 0.5) is 9.52 Å². The highest BCUT2D eigenvalue weighted by Crippen LogP contribution is 2.14. The highest BCUT2D eigenvalue weighted by Gasteiger charge is 2.05. The molecule has 112 valence electrons. The Balaban J connectivity index is 1.67. The molecule has 1 heterocycles. The fraction of sp³-hybridized carbons (Fsp3) is 0.286. The first-order chi connectivity index (χ1) is 10.2. The third-order valence-electron chi connectivity index (χ3n) is 2.63. The Bertz CT molecular complexity index is 603. The van der Waals surface area contributed by atoms with Crippen molar-refractivity contribution in [3.05, 3.63) is 41.2 Å². The topological polar surface area (TPSA) is 63.2 Å². The number of carbonyl (C=O) groups is 1. The Morgan fingerprint density at radius 3 is 3.05 bits per heavy atom. The van der Waals surface area contributed by atoms with Crippen LogP contribution in [-0.2, 0) is 11.2 Å². The molecule has 1 aromatic heterocycles. The molecular formula is C14H16FN3O2S. The van der Waals surface area contributed by atoms with E-state index in [1.165, 1.54) is 29.5 Å². The van der Waals surface area contributed by atoms with Gasteiger partial charge < -0.3 is 15.4 Å². The van der Waals surface area contributed by atoms with Crippen LogP contribution < -0.4 is 15.4 Å². The number of amides is 1. The number of nitrogens with zero attached hydrogens (tertiary/aromatic N) is 1. The van der Waals surface area contributed by atoms with Crippen LogP contribution in [0.25, 0.3) is 0 Å². The summed E-state index contributed by atoms with van der Waals surface area (Å²) in [5.41, 5.74) is 0.927. The molecule has 0 aliphatic carbocycles. The maximum absolute atomic E-state index is 12.9. The third-order valence-corrected chi connectivity index (χ3v) is 3.54. The molecule has 7 heteroatoms. The number of ether oxygens (including phenoxy) is 1. The second kappa shape index (κ2) is 7.58. The van der Waals surface area contributed by atoms with Gasteiger partial charge in [-0.15, -0.1) is 11.3 Å². The standard InChI is InChI=1S/C14H16FN3O2S/c1-16-14-18-11(9-21-14)5-6-17-13(19)8-20-12-4-2-3-10(15)7-12/h2-4,7,9H,5-6,8H2,1H3,(H,16,18)(H,17,19). The van der Waals surface area contributed by atoms with Crippen LogP contribution in [0.15, 0.2) is 29.6 Å². The maximum Gasteiger partial charge on any atom is 0.257 e. The van der Waals surface area contributed by atoms with E-state index in [0.717, 1.165) is 10.8 Å². The van der Waals surface area contributed by atoms with Gasteiger partial charge in [-0.25, -0.2) is 9.37 Å². The Morgan fingerprint density at radius 1 is 1.48 bits per heavy atom. The summed E-state index contributed by atoms with van der Waals surface area (Å²) >= 11 is 1.52. The number of anilines is 1. The molecule has 0 radical (unpaired) electrons. The summed E-state index contributed by atoms with van der Waals surface area (Å²) in [6.07, 6.45) is 0.657. The second-order valence-corrected chi connectivity index (χ2v) is 5.10. The zero-order chi connectivity index (χ0) is 15.1. The lowest BCUT2D eigenvalue weighted by Crippen LogP contribution is -2.30. The fourth-order valence-corrected chi connectivity index (χ4v) is 2.33. The van der Waals surface area contributed by atoms with Crippen molar-refractivity contribution in [3.63, 3.8) is 0 Å². The Labute approximate surface area is 126 Å². The zero-order valence-electron chi connectivity index (χ0n) is 11.6. The van der Waals surface area contributed by atoms with Gasteiger partial charge in [-0.05, 0) is 12.1 Å². The number of carbonyl (C=O) groups excluding carboxylic acids is 1. The van der Waals surface area contributed by atoms with Gasteiger partial charge in [0, 0.05) is 31.5 Å². The van der Waals surface area contributed by atoms with Crippen LogP contribution in [0.3, 0.4) is 0 Å². The number of hydrogen-bond donors (Lipinski definition) is 2. The summed E-state index contributed by atoms with van der Waals surface area (Å²) in [6.45, 7) is 0.348. The van der Waals surface area contributed by atoms with Crippen LogP contribution in [0, 0.1) is 5.82 Å². The summed E-state index contributed by atoms with van der Waals surface area (Å²) in [7, 11) is 1.81. The van der Waals surface area contributed by atoms with Crippen molar-refractivity contribution in [3.8, 4) is 5.75 Å². The molecule has 0 bridgehead atoms. The summed E-state index contributed by atoms with van der Waals surface area (Å²) < 4.78 is 18.1. The molecule has 0 unspecified atom stereocenters. The quantitative estimate of drug-likeness (QED) is 0.822. The van der Waals surface area contributed by atoms with Gasteiger partial charge in [-0.2, -0.15) is 0 Å². The van der Waals surface area contributed by atoms with Gasteiger partial charge in [0.25, 0.3) is 5.91 Å². The largest absolute Gasteiger partial charge is 0.484 e. The molecule has 0 atom stereocenters. The molecule has 2 N–H and O–H groups in total. The van der Waals surface area contributed by atoms with Crippen molar-refractivity contribution in [2.45, 2.75) is 6.42 Å². The summed E-state index contributed by atoms with van der Waals surface area (Å²) in [5.74, 6) is -0.302. The average molecular weight is 309 g/mol. The molecule has 2 aromatic rings. The second-order valence-electron chi connectivity index (χ2n) is 4.24. The Hall–Kier alpha value is -2.15. The van der Waals surface area contributed by atoms with Gasteiger partial charge in [0.2, 0.25) is 0 Å². The summed E-state index contributed by atoms with van der Waals surface area (Å²) in [4.78, 5) is 15.9. The minimum absolute atomic E-state index is 0.137. The van der Waals surface area contributed by atoms with Crippen molar-refractivity contribution in [2.75, 3.05) is 25.5 Å². The summed E-state index contributed by atoms with van der Waals surface area (Å²) in [6, 6.07) is 5.69. The first kappa shape index (κ1) is 15.2. The molecule has 5 nitrogen and oxygen atoms in total. The lowest BCUT2D eigenvalue weighted by atomic mass is 10.3. The van der Waals surface area contributed by atoms with Gasteiger partial charge in [-0.1, -0.05) is 6.07 Å². The van der Waals surface area contributed by atoms with E-state index >= 15 is 0 Å². The molecule has 0 aliphatic rings. The van der Waals surface area contributed by atoms with E-state index in [9.17, 15) is 9.18 Å².